The zero-order valence-electron chi connectivity index (χ0n) is 10.6. The molecule has 3 rings (SSSR count). The predicted molar refractivity (Wildman–Crippen MR) is 66.2 cm³/mol. The number of hydrogen-bond acceptors (Lipinski definition) is 4. The maximum atomic E-state index is 12.7. The number of alkyl halides is 2. The van der Waals surface area contributed by atoms with Gasteiger partial charge in [0.05, 0.1) is 0 Å². The van der Waals surface area contributed by atoms with E-state index in [1.54, 1.807) is 12.1 Å². The number of halogens is 2. The van der Waals surface area contributed by atoms with Crippen LogP contribution in [0, 0.1) is 5.92 Å². The summed E-state index contributed by atoms with van der Waals surface area (Å²) in [6.07, 6.45) is 1.02. The van der Waals surface area contributed by atoms with Crippen molar-refractivity contribution in [2.24, 2.45) is 5.92 Å². The smallest absolute Gasteiger partial charge is 0.299 e. The highest BCUT2D eigenvalue weighted by Gasteiger charge is 2.24. The monoisotopic (exact) mass is 267 g/mol. The zero-order chi connectivity index (χ0) is 13.4. The van der Waals surface area contributed by atoms with Gasteiger partial charge in [-0.2, -0.15) is 4.52 Å². The molecule has 0 bridgehead atoms. The van der Waals surface area contributed by atoms with Gasteiger partial charge >= 0.3 is 0 Å². The van der Waals surface area contributed by atoms with Gasteiger partial charge in [0.2, 0.25) is 5.82 Å². The highest BCUT2D eigenvalue weighted by atomic mass is 19.3. The van der Waals surface area contributed by atoms with Crippen molar-refractivity contribution in [3.63, 3.8) is 0 Å². The second-order valence-electron chi connectivity index (χ2n) is 4.97. The molecule has 0 saturated heterocycles. The van der Waals surface area contributed by atoms with Crippen molar-refractivity contribution in [3.05, 3.63) is 18.0 Å². The van der Waals surface area contributed by atoms with E-state index >= 15 is 0 Å². The summed E-state index contributed by atoms with van der Waals surface area (Å²) in [5, 5.41) is 14.5. The van der Waals surface area contributed by atoms with Gasteiger partial charge in [-0.15, -0.1) is 15.3 Å². The first-order valence-electron chi connectivity index (χ1n) is 6.42. The van der Waals surface area contributed by atoms with Gasteiger partial charge < -0.3 is 5.32 Å². The summed E-state index contributed by atoms with van der Waals surface area (Å²) in [6, 6.07) is 3.68. The summed E-state index contributed by atoms with van der Waals surface area (Å²) in [6.45, 7) is 2.09. The standard InChI is InChI=1S/C12H15F2N5/c1-7(8-3-2-4-8)15-9-5-6-10-16-17-12(11(13)14)19(10)18-9/h5-8,11H,2-4H2,1H3,(H,15,18). The first kappa shape index (κ1) is 12.3. The number of aromatic nitrogens is 4. The molecule has 1 aliphatic carbocycles. The van der Waals surface area contributed by atoms with Crippen molar-refractivity contribution >= 4 is 11.5 Å². The Kier molecular flexibility index (Phi) is 3.04. The van der Waals surface area contributed by atoms with Gasteiger partial charge in [-0.3, -0.25) is 0 Å². The van der Waals surface area contributed by atoms with Crippen LogP contribution in [0.1, 0.15) is 38.4 Å². The third-order valence-electron chi connectivity index (χ3n) is 3.71. The Morgan fingerprint density at radius 1 is 1.32 bits per heavy atom. The number of nitrogens with zero attached hydrogens (tertiary/aromatic N) is 4. The average Bonchev–Trinajstić information content (AvgIpc) is 2.69. The zero-order valence-corrected chi connectivity index (χ0v) is 10.6. The van der Waals surface area contributed by atoms with Crippen molar-refractivity contribution in [3.8, 4) is 0 Å². The minimum absolute atomic E-state index is 0.296. The molecule has 0 aromatic carbocycles. The van der Waals surface area contributed by atoms with Crippen LogP contribution < -0.4 is 5.32 Å². The largest absolute Gasteiger partial charge is 0.366 e. The predicted octanol–water partition coefficient (Wildman–Crippen LogP) is 2.66. The van der Waals surface area contributed by atoms with Crippen molar-refractivity contribution < 1.29 is 8.78 Å². The van der Waals surface area contributed by atoms with Crippen LogP contribution in [-0.4, -0.2) is 25.9 Å². The van der Waals surface area contributed by atoms with Crippen LogP contribution in [0.3, 0.4) is 0 Å². The van der Waals surface area contributed by atoms with E-state index in [0.717, 1.165) is 4.52 Å². The van der Waals surface area contributed by atoms with E-state index in [2.05, 4.69) is 27.5 Å². The Balaban J connectivity index is 1.85. The molecule has 0 amide bonds. The molecule has 0 radical (unpaired) electrons. The highest BCUT2D eigenvalue weighted by Crippen LogP contribution is 2.30. The van der Waals surface area contributed by atoms with Gasteiger partial charge in [0.15, 0.2) is 5.65 Å². The third kappa shape index (κ3) is 2.24. The van der Waals surface area contributed by atoms with Crippen molar-refractivity contribution in [1.82, 2.24) is 19.8 Å². The molecule has 2 heterocycles. The lowest BCUT2D eigenvalue weighted by Crippen LogP contribution is -2.31. The van der Waals surface area contributed by atoms with Gasteiger partial charge in [0.1, 0.15) is 5.82 Å². The molecule has 1 atom stereocenters. The molecule has 1 N–H and O–H groups in total. The lowest BCUT2D eigenvalue weighted by molar-refractivity contribution is 0.137. The minimum Gasteiger partial charge on any atom is -0.366 e. The number of anilines is 1. The van der Waals surface area contributed by atoms with E-state index in [1.165, 1.54) is 19.3 Å². The normalized spacial score (nSPS) is 17.7. The van der Waals surface area contributed by atoms with Crippen LogP contribution >= 0.6 is 0 Å². The van der Waals surface area contributed by atoms with Crippen molar-refractivity contribution in [1.29, 1.82) is 0 Å². The van der Waals surface area contributed by atoms with Crippen LogP contribution in [0.25, 0.3) is 5.65 Å². The van der Waals surface area contributed by atoms with Crippen LogP contribution in [0.2, 0.25) is 0 Å². The lowest BCUT2D eigenvalue weighted by atomic mass is 9.80. The van der Waals surface area contributed by atoms with E-state index < -0.39 is 12.2 Å². The molecule has 7 heteroatoms. The molecule has 1 saturated carbocycles. The van der Waals surface area contributed by atoms with Crippen molar-refractivity contribution in [2.45, 2.75) is 38.7 Å². The van der Waals surface area contributed by atoms with E-state index in [0.29, 0.717) is 23.4 Å². The maximum Gasteiger partial charge on any atom is 0.299 e. The topological polar surface area (TPSA) is 55.1 Å². The Bertz CT molecular complexity index is 579. The molecule has 1 fully saturated rings. The highest BCUT2D eigenvalue weighted by molar-refractivity contribution is 5.44. The molecule has 0 spiro atoms. The van der Waals surface area contributed by atoms with E-state index in [4.69, 9.17) is 0 Å². The summed E-state index contributed by atoms with van der Waals surface area (Å²) >= 11 is 0. The molecule has 19 heavy (non-hydrogen) atoms. The first-order chi connectivity index (χ1) is 9.15. The van der Waals surface area contributed by atoms with Crippen molar-refractivity contribution in [2.75, 3.05) is 5.32 Å². The fourth-order valence-corrected chi connectivity index (χ4v) is 2.31. The summed E-state index contributed by atoms with van der Waals surface area (Å²) < 4.78 is 26.6. The maximum absolute atomic E-state index is 12.7. The molecular formula is C12H15F2N5. The second-order valence-corrected chi connectivity index (χ2v) is 4.97. The van der Waals surface area contributed by atoms with E-state index in [9.17, 15) is 8.78 Å². The molecule has 2 aromatic heterocycles. The second kappa shape index (κ2) is 4.71. The Morgan fingerprint density at radius 2 is 2.11 bits per heavy atom. The Hall–Kier alpha value is -1.79. The number of rotatable bonds is 4. The summed E-state index contributed by atoms with van der Waals surface area (Å²) in [5.41, 5.74) is 0.331. The molecule has 102 valence electrons. The van der Waals surface area contributed by atoms with E-state index in [1.807, 2.05) is 0 Å². The Labute approximate surface area is 109 Å². The molecule has 2 aromatic rings. The van der Waals surface area contributed by atoms with Gasteiger partial charge in [-0.1, -0.05) is 6.42 Å². The molecule has 1 unspecified atom stereocenters. The van der Waals surface area contributed by atoms with Crippen LogP contribution in [0.15, 0.2) is 12.1 Å². The van der Waals surface area contributed by atoms with Crippen LogP contribution in [0.5, 0.6) is 0 Å². The fourth-order valence-electron chi connectivity index (χ4n) is 2.31. The van der Waals surface area contributed by atoms with Gasteiger partial charge in [0, 0.05) is 6.04 Å². The fraction of sp³-hybridized carbons (Fsp3) is 0.583. The molecule has 0 aliphatic heterocycles. The minimum atomic E-state index is -2.68. The summed E-state index contributed by atoms with van der Waals surface area (Å²) in [7, 11) is 0. The quantitative estimate of drug-likeness (QED) is 0.925. The SMILES string of the molecule is CC(Nc1ccc2nnc(C(F)F)n2n1)C1CCC1. The van der Waals surface area contributed by atoms with Gasteiger partial charge in [0.25, 0.3) is 6.43 Å². The van der Waals surface area contributed by atoms with E-state index in [-0.39, 0.29) is 0 Å². The summed E-state index contributed by atoms with van der Waals surface area (Å²) in [4.78, 5) is 0. The number of nitrogens with one attached hydrogen (secondary N) is 1. The summed E-state index contributed by atoms with van der Waals surface area (Å²) in [5.74, 6) is 0.802. The lowest BCUT2D eigenvalue weighted by Gasteiger charge is -2.32. The van der Waals surface area contributed by atoms with Gasteiger partial charge in [-0.05, 0) is 37.8 Å². The van der Waals surface area contributed by atoms with Gasteiger partial charge in [-0.25, -0.2) is 8.78 Å². The molecule has 5 nitrogen and oxygen atoms in total. The first-order valence-corrected chi connectivity index (χ1v) is 6.42. The third-order valence-corrected chi connectivity index (χ3v) is 3.71. The molecular weight excluding hydrogens is 252 g/mol. The molecule has 1 aliphatic rings. The van der Waals surface area contributed by atoms with Crippen LogP contribution in [0.4, 0.5) is 14.6 Å². The average molecular weight is 267 g/mol. The van der Waals surface area contributed by atoms with Crippen LogP contribution in [-0.2, 0) is 0 Å². The number of hydrogen-bond donors (Lipinski definition) is 1. The number of fused-ring (bicyclic) bond motifs is 1. The Morgan fingerprint density at radius 3 is 2.74 bits per heavy atom.